The number of unbranched alkanes of at least 4 members (excludes halogenated alkanes) is 1. The monoisotopic (exact) mass is 541 g/mol. The van der Waals surface area contributed by atoms with Crippen LogP contribution in [0.15, 0.2) is 78.9 Å². The number of aryl methyl sites for hydroxylation is 1. The van der Waals surface area contributed by atoms with Crippen molar-refractivity contribution in [3.05, 3.63) is 90.0 Å². The van der Waals surface area contributed by atoms with Gasteiger partial charge in [-0.3, -0.25) is 4.79 Å². The fourth-order valence-electron chi connectivity index (χ4n) is 3.94. The van der Waals surface area contributed by atoms with E-state index in [1.54, 1.807) is 0 Å². The minimum absolute atomic E-state index is 0. The van der Waals surface area contributed by atoms with Gasteiger partial charge in [-0.25, -0.2) is 4.79 Å². The lowest BCUT2D eigenvalue weighted by atomic mass is 10.0. The second kappa shape index (κ2) is 11.0. The number of aromatic carboxylic acids is 1. The number of para-hydroxylation sites is 2. The van der Waals surface area contributed by atoms with E-state index >= 15 is 0 Å². The molecule has 164 valence electrons. The molecule has 4 aromatic rings. The maximum atomic E-state index is 12.1. The Bertz CT molecular complexity index is 1180. The molecule has 6 heteroatoms. The van der Waals surface area contributed by atoms with Crippen molar-refractivity contribution < 1.29 is 48.0 Å². The van der Waals surface area contributed by atoms with E-state index < -0.39 is 5.97 Å². The molecule has 0 bridgehead atoms. The SMILES string of the molecule is O=C(CCCC[n+]1c2ccccc2c(C(=O)O)c2ccccc21)OCc1ccccc1.[I-]. The normalized spacial score (nSPS) is 10.6. The second-order valence-electron chi connectivity index (χ2n) is 7.47. The molecule has 0 amide bonds. The smallest absolute Gasteiger partial charge is 0.337 e. The van der Waals surface area contributed by atoms with Crippen LogP contribution in [0, 0.1) is 0 Å². The van der Waals surface area contributed by atoms with Crippen molar-refractivity contribution in [1.29, 1.82) is 0 Å². The van der Waals surface area contributed by atoms with E-state index in [0.29, 0.717) is 31.6 Å². The van der Waals surface area contributed by atoms with Crippen molar-refractivity contribution in [2.75, 3.05) is 0 Å². The van der Waals surface area contributed by atoms with E-state index in [1.807, 2.05) is 78.9 Å². The van der Waals surface area contributed by atoms with Gasteiger partial charge in [0.2, 0.25) is 11.0 Å². The number of halogens is 1. The standard InChI is InChI=1S/C26H23NO4.HI/c28-24(31-18-19-10-2-1-3-11-19)16-8-9-17-27-22-14-6-4-12-20(22)25(26(29)30)21-13-5-7-15-23(21)27;/h1-7,10-15H,8-9,16-18H2;1H. The molecule has 5 nitrogen and oxygen atoms in total. The molecule has 0 saturated carbocycles. The van der Waals surface area contributed by atoms with Crippen LogP contribution in [0.3, 0.4) is 0 Å². The van der Waals surface area contributed by atoms with Crippen LogP contribution in [0.4, 0.5) is 0 Å². The number of benzene rings is 3. The highest BCUT2D eigenvalue weighted by Gasteiger charge is 2.23. The fourth-order valence-corrected chi connectivity index (χ4v) is 3.94. The topological polar surface area (TPSA) is 67.5 Å². The first kappa shape index (κ1) is 23.7. The molecule has 4 rings (SSSR count). The number of pyridine rings is 1. The number of carbonyl (C=O) groups is 2. The molecule has 1 heterocycles. The van der Waals surface area contributed by atoms with E-state index in [2.05, 4.69) is 4.57 Å². The van der Waals surface area contributed by atoms with Crippen molar-refractivity contribution in [3.8, 4) is 0 Å². The molecule has 32 heavy (non-hydrogen) atoms. The highest BCUT2D eigenvalue weighted by atomic mass is 127. The first-order valence-electron chi connectivity index (χ1n) is 10.4. The van der Waals surface area contributed by atoms with Crippen LogP contribution in [0.2, 0.25) is 0 Å². The lowest BCUT2D eigenvalue weighted by Gasteiger charge is -2.09. The predicted molar refractivity (Wildman–Crippen MR) is 119 cm³/mol. The average molecular weight is 541 g/mol. The van der Waals surface area contributed by atoms with Crippen LogP contribution in [-0.4, -0.2) is 17.0 Å². The predicted octanol–water partition coefficient (Wildman–Crippen LogP) is 1.90. The number of hydrogen-bond acceptors (Lipinski definition) is 3. The second-order valence-corrected chi connectivity index (χ2v) is 7.47. The van der Waals surface area contributed by atoms with Crippen molar-refractivity contribution in [2.45, 2.75) is 32.4 Å². The molecule has 0 radical (unpaired) electrons. The summed E-state index contributed by atoms with van der Waals surface area (Å²) in [5.74, 6) is -1.13. The number of rotatable bonds is 8. The summed E-state index contributed by atoms with van der Waals surface area (Å²) in [5.41, 5.74) is 3.06. The zero-order valence-electron chi connectivity index (χ0n) is 17.5. The summed E-state index contributed by atoms with van der Waals surface area (Å²) >= 11 is 0. The Hall–Kier alpha value is -3.00. The molecule has 0 aliphatic heterocycles. The molecule has 1 aromatic heterocycles. The first-order valence-corrected chi connectivity index (χ1v) is 10.4. The summed E-state index contributed by atoms with van der Waals surface area (Å²) in [6.45, 7) is 0.979. The first-order chi connectivity index (χ1) is 15.1. The molecule has 1 N–H and O–H groups in total. The molecule has 3 aromatic carbocycles. The van der Waals surface area contributed by atoms with Crippen LogP contribution in [0.25, 0.3) is 21.8 Å². The molecular formula is C26H24INO4. The van der Waals surface area contributed by atoms with Gasteiger partial charge in [0, 0.05) is 25.0 Å². The highest BCUT2D eigenvalue weighted by Crippen LogP contribution is 2.25. The van der Waals surface area contributed by atoms with Gasteiger partial charge >= 0.3 is 11.9 Å². The Labute approximate surface area is 203 Å². The Morgan fingerprint density at radius 1 is 0.781 bits per heavy atom. The number of nitrogens with zero attached hydrogens (tertiary/aromatic N) is 1. The van der Waals surface area contributed by atoms with Crippen LogP contribution in [0.1, 0.15) is 35.2 Å². The van der Waals surface area contributed by atoms with Crippen molar-refractivity contribution in [3.63, 3.8) is 0 Å². The maximum absolute atomic E-state index is 12.1. The number of esters is 1. The molecule has 0 aliphatic carbocycles. The summed E-state index contributed by atoms with van der Waals surface area (Å²) in [6.07, 6.45) is 1.84. The molecular weight excluding hydrogens is 517 g/mol. The quantitative estimate of drug-likeness (QED) is 0.122. The number of hydrogen-bond donors (Lipinski definition) is 1. The van der Waals surface area contributed by atoms with Gasteiger partial charge in [-0.2, -0.15) is 4.57 Å². The van der Waals surface area contributed by atoms with Crippen molar-refractivity contribution in [2.24, 2.45) is 0 Å². The van der Waals surface area contributed by atoms with Gasteiger partial charge in [-0.1, -0.05) is 54.6 Å². The van der Waals surface area contributed by atoms with Crippen LogP contribution < -0.4 is 28.5 Å². The highest BCUT2D eigenvalue weighted by molar-refractivity contribution is 6.12. The van der Waals surface area contributed by atoms with Crippen LogP contribution in [0.5, 0.6) is 0 Å². The largest absolute Gasteiger partial charge is 1.00 e. The molecule has 0 atom stereocenters. The molecule has 0 saturated heterocycles. The Morgan fingerprint density at radius 2 is 1.34 bits per heavy atom. The Balaban J connectivity index is 0.00000289. The van der Waals surface area contributed by atoms with E-state index in [-0.39, 0.29) is 29.9 Å². The number of fused-ring (bicyclic) bond motifs is 2. The van der Waals surface area contributed by atoms with Crippen molar-refractivity contribution >= 4 is 33.7 Å². The van der Waals surface area contributed by atoms with Crippen molar-refractivity contribution in [1.82, 2.24) is 0 Å². The third-order valence-corrected chi connectivity index (χ3v) is 5.40. The molecule has 0 aliphatic rings. The minimum atomic E-state index is -0.930. The van der Waals surface area contributed by atoms with Crippen LogP contribution >= 0.6 is 0 Å². The Morgan fingerprint density at radius 3 is 1.94 bits per heavy atom. The zero-order chi connectivity index (χ0) is 21.6. The lowest BCUT2D eigenvalue weighted by molar-refractivity contribution is -0.645. The number of carboxylic acids is 1. The van der Waals surface area contributed by atoms with E-state index in [1.165, 1.54) is 0 Å². The summed E-state index contributed by atoms with van der Waals surface area (Å²) < 4.78 is 7.50. The molecule has 0 unspecified atom stereocenters. The maximum Gasteiger partial charge on any atom is 0.337 e. The van der Waals surface area contributed by atoms with Gasteiger partial charge in [0.1, 0.15) is 13.2 Å². The van der Waals surface area contributed by atoms with Crippen LogP contribution in [-0.2, 0) is 22.7 Å². The minimum Gasteiger partial charge on any atom is -1.00 e. The Kier molecular flexibility index (Phi) is 8.16. The van der Waals surface area contributed by atoms with Gasteiger partial charge in [-0.15, -0.1) is 0 Å². The fraction of sp³-hybridized carbons (Fsp3) is 0.192. The van der Waals surface area contributed by atoms with E-state index in [0.717, 1.165) is 33.8 Å². The van der Waals surface area contributed by atoms with Gasteiger partial charge in [-0.05, 0) is 24.1 Å². The van der Waals surface area contributed by atoms with Gasteiger partial charge < -0.3 is 33.8 Å². The number of carboxylic acid groups (broad SMARTS) is 1. The summed E-state index contributed by atoms with van der Waals surface area (Å²) in [5, 5.41) is 11.3. The zero-order valence-corrected chi connectivity index (χ0v) is 19.7. The lowest BCUT2D eigenvalue weighted by Crippen LogP contribution is -3.00. The number of carbonyl (C=O) groups excluding carboxylic acids is 1. The van der Waals surface area contributed by atoms with E-state index in [4.69, 9.17) is 4.74 Å². The molecule has 0 spiro atoms. The third kappa shape index (κ3) is 5.24. The van der Waals surface area contributed by atoms with E-state index in [9.17, 15) is 14.7 Å². The van der Waals surface area contributed by atoms with Gasteiger partial charge in [0.15, 0.2) is 0 Å². The van der Waals surface area contributed by atoms with Gasteiger partial charge in [0.05, 0.1) is 16.3 Å². The summed E-state index contributed by atoms with van der Waals surface area (Å²) in [6, 6.07) is 24.8. The summed E-state index contributed by atoms with van der Waals surface area (Å²) in [7, 11) is 0. The number of aromatic nitrogens is 1. The third-order valence-electron chi connectivity index (χ3n) is 5.40. The average Bonchev–Trinajstić information content (AvgIpc) is 2.80. The summed E-state index contributed by atoms with van der Waals surface area (Å²) in [4.78, 5) is 24.1. The number of ether oxygens (including phenoxy) is 1. The van der Waals surface area contributed by atoms with Gasteiger partial charge in [0.25, 0.3) is 0 Å². The molecule has 0 fully saturated rings.